The smallest absolute Gasteiger partial charge is 0.133 e. The van der Waals surface area contributed by atoms with Crippen LogP contribution in [0.1, 0.15) is 65.7 Å². The van der Waals surface area contributed by atoms with E-state index in [1.807, 2.05) is 6.92 Å². The van der Waals surface area contributed by atoms with Crippen molar-refractivity contribution in [2.24, 2.45) is 58.7 Å². The lowest BCUT2D eigenvalue weighted by Crippen LogP contribution is -2.53. The van der Waals surface area contributed by atoms with Gasteiger partial charge in [-0.05, 0) is 105 Å². The van der Waals surface area contributed by atoms with Gasteiger partial charge in [-0.3, -0.25) is 4.79 Å². The number of aliphatic hydroxyl groups is 1. The zero-order valence-electron chi connectivity index (χ0n) is 17.6. The fourth-order valence-corrected chi connectivity index (χ4v) is 9.52. The van der Waals surface area contributed by atoms with Crippen molar-refractivity contribution in [1.82, 2.24) is 0 Å². The molecule has 5 aliphatic rings. The molecule has 0 saturated heterocycles. The van der Waals surface area contributed by atoms with Gasteiger partial charge in [-0.25, -0.2) is 0 Å². The normalized spacial score (nSPS) is 58.6. The van der Waals surface area contributed by atoms with E-state index in [4.69, 9.17) is 4.74 Å². The number of methoxy groups -OCH3 is 1. The number of hydrogen-bond acceptors (Lipinski definition) is 3. The third-order valence-corrected chi connectivity index (χ3v) is 10.3. The summed E-state index contributed by atoms with van der Waals surface area (Å²) in [6, 6.07) is 0. The highest BCUT2D eigenvalue weighted by molar-refractivity contribution is 5.81. The highest BCUT2D eigenvalue weighted by Gasteiger charge is 2.73. The van der Waals surface area contributed by atoms with Crippen LogP contribution in [0.25, 0.3) is 0 Å². The molecule has 0 radical (unpaired) electrons. The van der Waals surface area contributed by atoms with Crippen molar-refractivity contribution >= 4 is 5.78 Å². The van der Waals surface area contributed by atoms with Crippen molar-refractivity contribution in [2.45, 2.75) is 71.3 Å². The minimum Gasteiger partial charge on any atom is -0.387 e. The molecule has 0 bridgehead atoms. The van der Waals surface area contributed by atoms with Gasteiger partial charge in [-0.1, -0.05) is 13.8 Å². The summed E-state index contributed by atoms with van der Waals surface area (Å²) >= 11 is 0. The van der Waals surface area contributed by atoms with Crippen LogP contribution in [0.15, 0.2) is 0 Å². The van der Waals surface area contributed by atoms with Crippen molar-refractivity contribution in [1.29, 1.82) is 0 Å². The van der Waals surface area contributed by atoms with Crippen molar-refractivity contribution in [3.05, 3.63) is 0 Å². The van der Waals surface area contributed by atoms with Crippen molar-refractivity contribution in [3.63, 3.8) is 0 Å². The molecule has 5 fully saturated rings. The van der Waals surface area contributed by atoms with Gasteiger partial charge in [0.25, 0.3) is 0 Å². The number of rotatable bonds is 3. The Bertz CT molecular complexity index is 631. The highest BCUT2D eigenvalue weighted by Crippen LogP contribution is 2.76. The summed E-state index contributed by atoms with van der Waals surface area (Å²) in [5, 5.41) is 10.9. The lowest BCUT2D eigenvalue weighted by molar-refractivity contribution is -0.140. The Labute approximate surface area is 164 Å². The monoisotopic (exact) mass is 374 g/mol. The maximum Gasteiger partial charge on any atom is 0.133 e. The number of carbonyl (C=O) groups excluding carboxylic acids is 1. The predicted octanol–water partition coefficient (Wildman–Crippen LogP) is 4.32. The van der Waals surface area contributed by atoms with E-state index < -0.39 is 5.60 Å². The van der Waals surface area contributed by atoms with E-state index in [0.29, 0.717) is 30.1 Å². The molecule has 0 aliphatic heterocycles. The minimum atomic E-state index is -0.588. The lowest BCUT2D eigenvalue weighted by Gasteiger charge is -2.58. The molecular weight excluding hydrogens is 336 g/mol. The average molecular weight is 375 g/mol. The van der Waals surface area contributed by atoms with Gasteiger partial charge in [0.2, 0.25) is 0 Å². The Morgan fingerprint density at radius 3 is 2.52 bits per heavy atom. The summed E-state index contributed by atoms with van der Waals surface area (Å²) in [4.78, 5) is 12.6. The quantitative estimate of drug-likeness (QED) is 0.800. The Kier molecular flexibility index (Phi) is 4.17. The average Bonchev–Trinajstić information content (AvgIpc) is 3.11. The fourth-order valence-electron chi connectivity index (χ4n) is 9.52. The summed E-state index contributed by atoms with van der Waals surface area (Å²) in [5.41, 5.74) is -0.317. The largest absolute Gasteiger partial charge is 0.387 e. The van der Waals surface area contributed by atoms with E-state index in [0.717, 1.165) is 48.3 Å². The van der Waals surface area contributed by atoms with E-state index >= 15 is 0 Å². The maximum atomic E-state index is 12.6. The van der Waals surface area contributed by atoms with E-state index in [1.165, 1.54) is 32.1 Å². The van der Waals surface area contributed by atoms with E-state index in [2.05, 4.69) is 13.8 Å². The molecule has 0 unspecified atom stereocenters. The number of carbonyl (C=O) groups is 1. The molecule has 0 heterocycles. The van der Waals surface area contributed by atoms with Gasteiger partial charge in [-0.15, -0.1) is 0 Å². The zero-order valence-corrected chi connectivity index (χ0v) is 17.6. The third-order valence-electron chi connectivity index (χ3n) is 10.3. The van der Waals surface area contributed by atoms with Gasteiger partial charge < -0.3 is 9.84 Å². The number of ketones is 1. The zero-order chi connectivity index (χ0) is 19.1. The van der Waals surface area contributed by atoms with Crippen LogP contribution in [-0.4, -0.2) is 30.2 Å². The molecule has 0 amide bonds. The molecule has 0 aromatic rings. The van der Waals surface area contributed by atoms with Crippen LogP contribution >= 0.6 is 0 Å². The van der Waals surface area contributed by atoms with Gasteiger partial charge in [0, 0.05) is 13.0 Å². The maximum absolute atomic E-state index is 12.6. The Morgan fingerprint density at radius 1 is 1.07 bits per heavy atom. The standard InChI is InChI=1S/C24H38O3/c1-13-19-20(13)22-18-6-5-15-11-24(26,12-27-4)10-8-16(15)17(18)7-9-23(22,3)21(19)14(2)25/h13,15-22,26H,5-12H2,1-4H3/t13-,15+,16+,17-,18-,19+,20-,21+,22-,23-,24-/m1/s1. The summed E-state index contributed by atoms with van der Waals surface area (Å²) in [6.45, 7) is 7.24. The van der Waals surface area contributed by atoms with Crippen LogP contribution < -0.4 is 0 Å². The SMILES string of the molecule is COC[C@@]1(O)CC[C@H]2[C@@H](CC[C@@H]3[C@@H]2CC[C@@]2(C)[C@H]3[C@@H]3[C@H](C)[C@@H]3[C@@H]2C(C)=O)C1. The molecule has 5 aliphatic carbocycles. The van der Waals surface area contributed by atoms with Crippen molar-refractivity contribution < 1.29 is 14.6 Å². The molecule has 1 N–H and O–H groups in total. The van der Waals surface area contributed by atoms with Crippen LogP contribution in [0.2, 0.25) is 0 Å². The van der Waals surface area contributed by atoms with Crippen LogP contribution in [0.3, 0.4) is 0 Å². The van der Waals surface area contributed by atoms with E-state index in [-0.39, 0.29) is 5.41 Å². The number of Topliss-reactive ketones (excluding diaryl/α,β-unsaturated/α-hetero) is 1. The van der Waals surface area contributed by atoms with E-state index in [1.54, 1.807) is 7.11 Å². The van der Waals surface area contributed by atoms with E-state index in [9.17, 15) is 9.90 Å². The van der Waals surface area contributed by atoms with Gasteiger partial charge in [-0.2, -0.15) is 0 Å². The molecule has 27 heavy (non-hydrogen) atoms. The second-order valence-electron chi connectivity index (χ2n) is 11.4. The summed E-state index contributed by atoms with van der Waals surface area (Å²) < 4.78 is 5.32. The van der Waals surface area contributed by atoms with Crippen molar-refractivity contribution in [3.8, 4) is 0 Å². The highest BCUT2D eigenvalue weighted by atomic mass is 16.5. The number of ether oxygens (including phenoxy) is 1. The molecule has 5 saturated carbocycles. The summed E-state index contributed by atoms with van der Waals surface area (Å²) in [5.74, 6) is 7.02. The number of fused-ring (bicyclic) bond motifs is 7. The first-order valence-electron chi connectivity index (χ1n) is 11.5. The van der Waals surface area contributed by atoms with Gasteiger partial charge in [0.05, 0.1) is 12.2 Å². The molecule has 0 aromatic carbocycles. The number of hydrogen-bond donors (Lipinski definition) is 1. The lowest BCUT2D eigenvalue weighted by atomic mass is 9.47. The van der Waals surface area contributed by atoms with Crippen LogP contribution in [-0.2, 0) is 9.53 Å². The summed E-state index contributed by atoms with van der Waals surface area (Å²) in [6.07, 6.45) is 8.21. The minimum absolute atomic E-state index is 0.271. The van der Waals surface area contributed by atoms with Crippen LogP contribution in [0.5, 0.6) is 0 Å². The third kappa shape index (κ3) is 2.49. The van der Waals surface area contributed by atoms with Gasteiger partial charge in [0.15, 0.2) is 0 Å². The molecule has 0 spiro atoms. The molecule has 0 aromatic heterocycles. The topological polar surface area (TPSA) is 46.5 Å². The van der Waals surface area contributed by atoms with Crippen LogP contribution in [0, 0.1) is 58.7 Å². The Morgan fingerprint density at radius 2 is 1.81 bits per heavy atom. The van der Waals surface area contributed by atoms with Gasteiger partial charge in [0.1, 0.15) is 5.78 Å². The van der Waals surface area contributed by atoms with Crippen LogP contribution in [0.4, 0.5) is 0 Å². The second kappa shape index (κ2) is 6.05. The second-order valence-corrected chi connectivity index (χ2v) is 11.4. The first-order chi connectivity index (χ1) is 12.8. The predicted molar refractivity (Wildman–Crippen MR) is 105 cm³/mol. The molecule has 11 atom stereocenters. The molecule has 5 rings (SSSR count). The first kappa shape index (κ1) is 18.6. The van der Waals surface area contributed by atoms with Crippen molar-refractivity contribution in [2.75, 3.05) is 13.7 Å². The first-order valence-corrected chi connectivity index (χ1v) is 11.5. The molecule has 3 nitrogen and oxygen atoms in total. The molecular formula is C24H38O3. The molecule has 3 heteroatoms. The van der Waals surface area contributed by atoms with Gasteiger partial charge >= 0.3 is 0 Å². The Hall–Kier alpha value is -0.410. The Balaban J connectivity index is 1.39. The molecule has 152 valence electrons. The fraction of sp³-hybridized carbons (Fsp3) is 0.958. The summed E-state index contributed by atoms with van der Waals surface area (Å²) in [7, 11) is 1.71.